The molecule has 5 aromatic heterocycles. The molecule has 0 aliphatic rings. The highest BCUT2D eigenvalue weighted by molar-refractivity contribution is 6.15. The molecule has 21 aromatic carbocycles. The molecule has 0 fully saturated rings. The van der Waals surface area contributed by atoms with Gasteiger partial charge < -0.3 is 28.1 Å². The van der Waals surface area contributed by atoms with Crippen LogP contribution >= 0.6 is 0 Å². The SMILES string of the molecule is [2H]c1c([2H])c([2H])c(N(c2ccc(-c3cc(-c4ccc5c6ccccc6n(-c6ccccc6)c5c4)cc(-c4ccc5c6ccccc6n(-c6ccccc6)c5c4)c3)cc2)c2c([2H])c([2H])c([2H])c([2H])c2[2H])c([2H])c1[2H].c1ccc(-c2ccc(N(c3ccc(-c4cc(-c5ccc6c(c5)c5ccccc5n6-c5ccccc5)cc(-c5ccc6c(c5)c5ccccc5n6-c5ccccc5)c4)cc3)c3ccc(-c4ccccn4)cc3)cc2)cc1. The summed E-state index contributed by atoms with van der Waals surface area (Å²) >= 11 is 0. The minimum Gasteiger partial charge on any atom is -0.311 e. The highest BCUT2D eigenvalue weighted by atomic mass is 15.1. The van der Waals surface area contributed by atoms with Crippen molar-refractivity contribution in [1.82, 2.24) is 23.3 Å². The third-order valence-corrected chi connectivity index (χ3v) is 26.6. The maximum atomic E-state index is 8.96. The largest absolute Gasteiger partial charge is 0.311 e. The van der Waals surface area contributed by atoms with Crippen molar-refractivity contribution in [3.8, 4) is 112 Å². The first-order valence-electron chi connectivity index (χ1n) is 51.4. The van der Waals surface area contributed by atoms with Gasteiger partial charge in [-0.1, -0.05) is 303 Å². The van der Waals surface area contributed by atoms with E-state index in [9.17, 15) is 0 Å². The van der Waals surface area contributed by atoms with E-state index >= 15 is 0 Å². The van der Waals surface area contributed by atoms with Crippen LogP contribution in [0.15, 0.2) is 540 Å². The minimum absolute atomic E-state index is 0.218. The van der Waals surface area contributed by atoms with Gasteiger partial charge in [0.2, 0.25) is 0 Å². The van der Waals surface area contributed by atoms with Gasteiger partial charge in [0.15, 0.2) is 0 Å². The second-order valence-electron chi connectivity index (χ2n) is 34.7. The number of rotatable bonds is 18. The summed E-state index contributed by atoms with van der Waals surface area (Å²) in [6.07, 6.45) is 1.85. The van der Waals surface area contributed by atoms with Crippen molar-refractivity contribution in [1.29, 1.82) is 0 Å². The molecule has 0 saturated heterocycles. The lowest BCUT2D eigenvalue weighted by Crippen LogP contribution is -2.09. The molecule has 0 radical (unpaired) electrons. The van der Waals surface area contributed by atoms with Gasteiger partial charge in [0, 0.05) is 112 Å². The Labute approximate surface area is 814 Å². The van der Waals surface area contributed by atoms with E-state index in [1.54, 1.807) is 12.1 Å². The van der Waals surface area contributed by atoms with Crippen molar-refractivity contribution >= 4 is 121 Å². The number of nitrogens with zero attached hydrogens (tertiary/aromatic N) is 7. The summed E-state index contributed by atoms with van der Waals surface area (Å²) in [4.78, 5) is 8.14. The lowest BCUT2D eigenvalue weighted by Gasteiger charge is -2.26. The van der Waals surface area contributed by atoms with E-state index in [4.69, 9.17) is 13.7 Å². The summed E-state index contributed by atoms with van der Waals surface area (Å²) in [6.45, 7) is 0. The Kier molecular flexibility index (Phi) is 18.2. The molecule has 0 N–H and O–H groups in total. The van der Waals surface area contributed by atoms with Crippen LogP contribution in [0.1, 0.15) is 13.7 Å². The average Bonchev–Trinajstić information content (AvgIpc) is 1.10. The maximum absolute atomic E-state index is 8.96. The van der Waals surface area contributed by atoms with Crippen molar-refractivity contribution in [3.05, 3.63) is 540 Å². The minimum atomic E-state index is -0.626. The number of benzene rings is 21. The molecule has 7 nitrogen and oxygen atoms in total. The molecule has 138 heavy (non-hydrogen) atoms. The number of hydrogen-bond acceptors (Lipinski definition) is 3. The predicted molar refractivity (Wildman–Crippen MR) is 581 cm³/mol. The molecule has 0 aliphatic heterocycles. The zero-order valence-corrected chi connectivity index (χ0v) is 74.7. The van der Waals surface area contributed by atoms with Crippen LogP contribution < -0.4 is 9.80 Å². The molecule has 0 bridgehead atoms. The van der Waals surface area contributed by atoms with Gasteiger partial charge in [0.1, 0.15) is 0 Å². The second kappa shape index (κ2) is 35.3. The molecule has 0 spiro atoms. The fourth-order valence-electron chi connectivity index (χ4n) is 20.2. The van der Waals surface area contributed by atoms with Gasteiger partial charge in [-0.05, 0) is 308 Å². The Morgan fingerprint density at radius 3 is 0.754 bits per heavy atom. The van der Waals surface area contributed by atoms with E-state index in [2.05, 4.69) is 429 Å². The van der Waals surface area contributed by atoms with Crippen LogP contribution in [0, 0.1) is 0 Å². The summed E-state index contributed by atoms with van der Waals surface area (Å²) in [5.41, 5.74) is 33.0. The highest BCUT2D eigenvalue weighted by Crippen LogP contribution is 2.47. The Morgan fingerprint density at radius 2 is 0.406 bits per heavy atom. The van der Waals surface area contributed by atoms with Crippen LogP contribution in [0.2, 0.25) is 0 Å². The Morgan fingerprint density at radius 1 is 0.159 bits per heavy atom. The van der Waals surface area contributed by atoms with E-state index < -0.39 is 60.4 Å². The second-order valence-corrected chi connectivity index (χ2v) is 34.7. The fraction of sp³-hybridized carbons (Fsp3) is 0. The first-order chi connectivity index (χ1) is 72.6. The molecular weight excluding hydrogens is 1670 g/mol. The summed E-state index contributed by atoms with van der Waals surface area (Å²) in [5.74, 6) is 0. The van der Waals surface area contributed by atoms with Crippen molar-refractivity contribution in [3.63, 3.8) is 0 Å². The first kappa shape index (κ1) is 71.3. The summed E-state index contributed by atoms with van der Waals surface area (Å²) < 4.78 is 95.9. The molecule has 0 unspecified atom stereocenters. The van der Waals surface area contributed by atoms with Gasteiger partial charge in [0.25, 0.3) is 0 Å². The standard InChI is InChI=1S/C71H48N4.C60H41N3/c1-4-16-49(17-5-1)50-27-35-60(36-28-50)73(62-39-31-52(32-40-62)67-24-14-15-43-72-67)61-37-29-51(30-38-61)55-44-56(53-33-41-70-65(47-53)63-22-10-12-25-68(63)74(70)58-18-6-2-7-19-58)46-57(45-55)54-34-42-71-66(48-54)64-23-11-13-26-69(64)75(71)59-20-8-3-9-21-59;1-5-17-48(18-6-1)61(49-19-7-2-8-20-49)52-33-29-42(30-34-52)45-37-46(43-31-35-55-53-25-13-15-27-57(53)62(59(55)40-43)50-21-9-3-10-22-50)39-47(38-45)44-32-36-56-54-26-14-16-28-58(54)63(60(56)41-44)51-23-11-4-12-24-51/h1-48H;1-41H/i;1D,2D,5D,6D,7D,8D,17D,18D,19D,20D. The molecule has 7 heteroatoms. The molecule has 0 amide bonds. The molecule has 26 aromatic rings. The number of anilines is 6. The van der Waals surface area contributed by atoms with E-state index in [0.29, 0.717) is 0 Å². The van der Waals surface area contributed by atoms with E-state index in [-0.39, 0.29) is 17.1 Å². The van der Waals surface area contributed by atoms with Crippen LogP contribution in [-0.4, -0.2) is 23.3 Å². The van der Waals surface area contributed by atoms with Gasteiger partial charge in [-0.25, -0.2) is 0 Å². The Bertz CT molecular complexity index is 9120. The molecular formula is C131H89N7. The monoisotopic (exact) mass is 1770 g/mol. The van der Waals surface area contributed by atoms with E-state index in [1.807, 2.05) is 66.9 Å². The smallest absolute Gasteiger partial charge is 0.0701 e. The van der Waals surface area contributed by atoms with Gasteiger partial charge >= 0.3 is 0 Å². The van der Waals surface area contributed by atoms with Gasteiger partial charge in [-0.2, -0.15) is 0 Å². The Balaban J connectivity index is 0.000000154. The fourth-order valence-corrected chi connectivity index (χ4v) is 20.2. The topological polar surface area (TPSA) is 39.1 Å². The highest BCUT2D eigenvalue weighted by Gasteiger charge is 2.24. The predicted octanol–water partition coefficient (Wildman–Crippen LogP) is 35.4. The van der Waals surface area contributed by atoms with Crippen LogP contribution in [0.4, 0.5) is 34.1 Å². The quantitative estimate of drug-likeness (QED) is 0.0859. The summed E-state index contributed by atoms with van der Waals surface area (Å²) in [5, 5.41) is 9.45. The molecule has 5 heterocycles. The molecule has 0 aliphatic carbocycles. The van der Waals surface area contributed by atoms with Crippen LogP contribution in [0.3, 0.4) is 0 Å². The van der Waals surface area contributed by atoms with Gasteiger partial charge in [-0.15, -0.1) is 0 Å². The number of aromatic nitrogens is 5. The Hall–Kier alpha value is -18.4. The van der Waals surface area contributed by atoms with Crippen molar-refractivity contribution in [2.45, 2.75) is 0 Å². The lowest BCUT2D eigenvalue weighted by molar-refractivity contribution is 1.18. The number of para-hydroxylation sites is 10. The van der Waals surface area contributed by atoms with Crippen molar-refractivity contribution < 1.29 is 13.7 Å². The summed E-state index contributed by atoms with van der Waals surface area (Å²) in [7, 11) is 0. The van der Waals surface area contributed by atoms with E-state index in [1.165, 1.54) is 70.8 Å². The average molecular weight is 1770 g/mol. The first-order valence-corrected chi connectivity index (χ1v) is 46.4. The zero-order valence-electron chi connectivity index (χ0n) is 84.7. The number of fused-ring (bicyclic) bond motifs is 12. The third kappa shape index (κ3) is 15.1. The van der Waals surface area contributed by atoms with Gasteiger partial charge in [0.05, 0.1) is 63.5 Å². The molecule has 0 atom stereocenters. The third-order valence-electron chi connectivity index (χ3n) is 26.6. The van der Waals surface area contributed by atoms with Crippen LogP contribution in [0.25, 0.3) is 199 Å². The molecule has 0 saturated carbocycles. The van der Waals surface area contributed by atoms with Crippen LogP contribution in [-0.2, 0) is 0 Å². The van der Waals surface area contributed by atoms with Crippen LogP contribution in [0.5, 0.6) is 0 Å². The lowest BCUT2D eigenvalue weighted by atomic mass is 9.92. The van der Waals surface area contributed by atoms with E-state index in [0.717, 1.165) is 150 Å². The maximum Gasteiger partial charge on any atom is 0.0701 e. The van der Waals surface area contributed by atoms with Crippen molar-refractivity contribution in [2.24, 2.45) is 0 Å². The zero-order chi connectivity index (χ0) is 100. The number of pyridine rings is 1. The molecule has 648 valence electrons. The van der Waals surface area contributed by atoms with Crippen molar-refractivity contribution in [2.75, 3.05) is 9.80 Å². The molecule has 26 rings (SSSR count). The van der Waals surface area contributed by atoms with Gasteiger partial charge in [-0.3, -0.25) is 4.98 Å². The number of hydrogen-bond donors (Lipinski definition) is 0. The summed E-state index contributed by atoms with van der Waals surface area (Å²) in [6, 6.07) is 161. The normalized spacial score (nSPS) is 12.5.